The molecule has 0 aliphatic rings. The van der Waals surface area contributed by atoms with Gasteiger partial charge in [-0.2, -0.15) is 5.10 Å². The zero-order valence-corrected chi connectivity index (χ0v) is 10.2. The minimum Gasteiger partial charge on any atom is -0.496 e. The monoisotopic (exact) mass is 237 g/mol. The molecule has 0 aromatic heterocycles. The topological polar surface area (TPSA) is 45.7 Å². The molecule has 86 valence electrons. The minimum atomic E-state index is 0.508. The number of rotatable bonds is 4. The van der Waals surface area contributed by atoms with Crippen LogP contribution in [0, 0.1) is 0 Å². The fourth-order valence-electron chi connectivity index (χ4n) is 1.13. The molecule has 1 aromatic carbocycles. The van der Waals surface area contributed by atoms with Gasteiger partial charge in [0.15, 0.2) is 5.11 Å². The summed E-state index contributed by atoms with van der Waals surface area (Å²) in [5, 5.41) is 7.45. The number of ether oxygens (including phenoxy) is 1. The smallest absolute Gasteiger partial charge is 0.186 e. The van der Waals surface area contributed by atoms with E-state index in [2.05, 4.69) is 15.8 Å². The van der Waals surface area contributed by atoms with Gasteiger partial charge in [0.25, 0.3) is 0 Å². The maximum Gasteiger partial charge on any atom is 0.186 e. The van der Waals surface area contributed by atoms with Crippen molar-refractivity contribution in [2.75, 3.05) is 13.7 Å². The van der Waals surface area contributed by atoms with Gasteiger partial charge in [-0.15, -0.1) is 0 Å². The Balaban J connectivity index is 2.58. The maximum atomic E-state index is 5.18. The first-order chi connectivity index (χ1) is 7.77. The molecule has 0 radical (unpaired) electrons. The van der Waals surface area contributed by atoms with Crippen molar-refractivity contribution in [2.24, 2.45) is 5.10 Å². The average Bonchev–Trinajstić information content (AvgIpc) is 2.30. The molecule has 2 N–H and O–H groups in total. The van der Waals surface area contributed by atoms with Crippen LogP contribution in [-0.2, 0) is 0 Å². The predicted octanol–water partition coefficient (Wildman–Crippen LogP) is 1.51. The summed E-state index contributed by atoms with van der Waals surface area (Å²) in [6.07, 6.45) is 1.67. The standard InChI is InChI=1S/C11H15N3OS/c1-3-12-11(16)14-13-8-9-6-4-5-7-10(9)15-2/h4-8H,3H2,1-2H3,(H2,12,14,16). The first-order valence-electron chi connectivity index (χ1n) is 4.97. The number of hydrazone groups is 1. The Kier molecular flexibility index (Phi) is 5.28. The van der Waals surface area contributed by atoms with Gasteiger partial charge in [0, 0.05) is 12.1 Å². The zero-order valence-electron chi connectivity index (χ0n) is 9.36. The molecule has 4 nitrogen and oxygen atoms in total. The lowest BCUT2D eigenvalue weighted by atomic mass is 10.2. The molecular formula is C11H15N3OS. The normalized spacial score (nSPS) is 10.1. The lowest BCUT2D eigenvalue weighted by Gasteiger charge is -2.04. The molecule has 0 saturated carbocycles. The van der Waals surface area contributed by atoms with Crippen LogP contribution in [0.2, 0.25) is 0 Å². The van der Waals surface area contributed by atoms with Crippen molar-refractivity contribution < 1.29 is 4.74 Å². The fraction of sp³-hybridized carbons (Fsp3) is 0.273. The van der Waals surface area contributed by atoms with E-state index in [0.29, 0.717) is 5.11 Å². The Morgan fingerprint density at radius 2 is 2.25 bits per heavy atom. The van der Waals surface area contributed by atoms with E-state index in [1.54, 1.807) is 13.3 Å². The van der Waals surface area contributed by atoms with Crippen LogP contribution in [0.15, 0.2) is 29.4 Å². The van der Waals surface area contributed by atoms with Crippen molar-refractivity contribution in [3.05, 3.63) is 29.8 Å². The van der Waals surface area contributed by atoms with Crippen molar-refractivity contribution in [1.82, 2.24) is 10.7 Å². The first-order valence-corrected chi connectivity index (χ1v) is 5.38. The molecular weight excluding hydrogens is 222 g/mol. The number of methoxy groups -OCH3 is 1. The van der Waals surface area contributed by atoms with E-state index in [4.69, 9.17) is 17.0 Å². The Labute approximate surface area is 101 Å². The molecule has 0 saturated heterocycles. The largest absolute Gasteiger partial charge is 0.496 e. The summed E-state index contributed by atoms with van der Waals surface area (Å²) in [6, 6.07) is 7.63. The second kappa shape index (κ2) is 6.79. The summed E-state index contributed by atoms with van der Waals surface area (Å²) < 4.78 is 5.18. The van der Waals surface area contributed by atoms with E-state index < -0.39 is 0 Å². The number of hydrogen-bond acceptors (Lipinski definition) is 3. The van der Waals surface area contributed by atoms with Crippen molar-refractivity contribution in [1.29, 1.82) is 0 Å². The molecule has 0 fully saturated rings. The highest BCUT2D eigenvalue weighted by Crippen LogP contribution is 2.14. The molecule has 5 heteroatoms. The van der Waals surface area contributed by atoms with Gasteiger partial charge in [-0.3, -0.25) is 5.43 Å². The van der Waals surface area contributed by atoms with Crippen LogP contribution in [0.1, 0.15) is 12.5 Å². The molecule has 0 amide bonds. The van der Waals surface area contributed by atoms with Crippen molar-refractivity contribution in [3.8, 4) is 5.75 Å². The highest BCUT2D eigenvalue weighted by Gasteiger charge is 1.97. The Bertz CT molecular complexity index is 379. The highest BCUT2D eigenvalue weighted by molar-refractivity contribution is 7.80. The number of nitrogens with zero attached hydrogens (tertiary/aromatic N) is 1. The van der Waals surface area contributed by atoms with Crippen LogP contribution < -0.4 is 15.5 Å². The quantitative estimate of drug-likeness (QED) is 0.473. The van der Waals surface area contributed by atoms with Crippen molar-refractivity contribution in [2.45, 2.75) is 6.92 Å². The Hall–Kier alpha value is -1.62. The van der Waals surface area contributed by atoms with E-state index in [-0.39, 0.29) is 0 Å². The number of para-hydroxylation sites is 1. The third-order valence-electron chi connectivity index (χ3n) is 1.85. The summed E-state index contributed by atoms with van der Waals surface area (Å²) in [6.45, 7) is 2.74. The van der Waals surface area contributed by atoms with Crippen LogP contribution in [0.5, 0.6) is 5.75 Å². The maximum absolute atomic E-state index is 5.18. The van der Waals surface area contributed by atoms with Crippen molar-refractivity contribution in [3.63, 3.8) is 0 Å². The van der Waals surface area contributed by atoms with Gasteiger partial charge in [0.2, 0.25) is 0 Å². The van der Waals surface area contributed by atoms with Gasteiger partial charge in [-0.05, 0) is 31.3 Å². The molecule has 1 aromatic rings. The highest BCUT2D eigenvalue weighted by atomic mass is 32.1. The van der Waals surface area contributed by atoms with Gasteiger partial charge in [-0.1, -0.05) is 12.1 Å². The minimum absolute atomic E-state index is 0.508. The summed E-state index contributed by atoms with van der Waals surface area (Å²) in [7, 11) is 1.63. The summed E-state index contributed by atoms with van der Waals surface area (Å²) in [4.78, 5) is 0. The van der Waals surface area contributed by atoms with Crippen LogP contribution in [0.3, 0.4) is 0 Å². The molecule has 0 unspecified atom stereocenters. The van der Waals surface area contributed by atoms with Gasteiger partial charge in [0.05, 0.1) is 13.3 Å². The molecule has 0 atom stereocenters. The molecule has 16 heavy (non-hydrogen) atoms. The van der Waals surface area contributed by atoms with Gasteiger partial charge >= 0.3 is 0 Å². The van der Waals surface area contributed by atoms with Gasteiger partial charge in [0.1, 0.15) is 5.75 Å². The van der Waals surface area contributed by atoms with Crippen LogP contribution >= 0.6 is 12.2 Å². The van der Waals surface area contributed by atoms with E-state index >= 15 is 0 Å². The van der Waals surface area contributed by atoms with E-state index in [9.17, 15) is 0 Å². The Morgan fingerprint density at radius 1 is 1.50 bits per heavy atom. The summed E-state index contributed by atoms with van der Waals surface area (Å²) in [5.41, 5.74) is 3.62. The first kappa shape index (κ1) is 12.4. The van der Waals surface area contributed by atoms with E-state index in [1.807, 2.05) is 31.2 Å². The zero-order chi connectivity index (χ0) is 11.8. The van der Waals surface area contributed by atoms with Gasteiger partial charge in [-0.25, -0.2) is 0 Å². The molecule has 0 bridgehead atoms. The van der Waals surface area contributed by atoms with Crippen LogP contribution in [-0.4, -0.2) is 25.0 Å². The predicted molar refractivity (Wildman–Crippen MR) is 70.0 cm³/mol. The number of benzene rings is 1. The lowest BCUT2D eigenvalue weighted by molar-refractivity contribution is 0.414. The third kappa shape index (κ3) is 3.86. The van der Waals surface area contributed by atoms with Gasteiger partial charge < -0.3 is 10.1 Å². The van der Waals surface area contributed by atoms with E-state index in [0.717, 1.165) is 17.9 Å². The number of thiocarbonyl (C=S) groups is 1. The fourth-order valence-corrected chi connectivity index (χ4v) is 1.33. The molecule has 0 aliphatic carbocycles. The third-order valence-corrected chi connectivity index (χ3v) is 2.08. The number of nitrogens with one attached hydrogen (secondary N) is 2. The Morgan fingerprint density at radius 3 is 2.94 bits per heavy atom. The summed E-state index contributed by atoms with van der Waals surface area (Å²) in [5.74, 6) is 0.780. The lowest BCUT2D eigenvalue weighted by Crippen LogP contribution is -2.31. The molecule has 0 aliphatic heterocycles. The summed E-state index contributed by atoms with van der Waals surface area (Å²) >= 11 is 4.96. The van der Waals surface area contributed by atoms with Crippen LogP contribution in [0.4, 0.5) is 0 Å². The second-order valence-corrected chi connectivity index (χ2v) is 3.38. The second-order valence-electron chi connectivity index (χ2n) is 2.97. The molecule has 1 rings (SSSR count). The number of hydrogen-bond donors (Lipinski definition) is 2. The van der Waals surface area contributed by atoms with E-state index in [1.165, 1.54) is 0 Å². The SMILES string of the molecule is CCNC(=S)NN=Cc1ccccc1OC. The molecule has 0 spiro atoms. The average molecular weight is 237 g/mol. The van der Waals surface area contributed by atoms with Crippen molar-refractivity contribution >= 4 is 23.5 Å². The molecule has 0 heterocycles. The van der Waals surface area contributed by atoms with Crippen LogP contribution in [0.25, 0.3) is 0 Å².